The van der Waals surface area contributed by atoms with Crippen molar-refractivity contribution < 1.29 is 26.7 Å². The molecule has 7 heteroatoms. The number of ether oxygens (including phenoxy) is 1. The lowest BCUT2D eigenvalue weighted by atomic mass is 9.83. The van der Waals surface area contributed by atoms with Gasteiger partial charge in [0.2, 0.25) is 5.82 Å². The lowest BCUT2D eigenvalue weighted by Crippen LogP contribution is -2.13. The lowest BCUT2D eigenvalue weighted by Gasteiger charge is -2.24. The fourth-order valence-corrected chi connectivity index (χ4v) is 3.18. The summed E-state index contributed by atoms with van der Waals surface area (Å²) in [7, 11) is 1.30. The maximum Gasteiger partial charge on any atom is 0.200 e. The molecule has 2 rings (SSSR count). The highest BCUT2D eigenvalue weighted by molar-refractivity contribution is 7.97. The minimum absolute atomic E-state index is 0.0931. The Bertz CT molecular complexity index is 815. The second-order valence-corrected chi connectivity index (χ2v) is 7.71. The predicted octanol–water partition coefficient (Wildman–Crippen LogP) is 7.24. The quantitative estimate of drug-likeness (QED) is 0.293. The molecule has 0 saturated heterocycles. The van der Waals surface area contributed by atoms with Gasteiger partial charge < -0.3 is 4.74 Å². The molecule has 0 spiro atoms. The third kappa shape index (κ3) is 4.62. The van der Waals surface area contributed by atoms with Gasteiger partial charge in [-0.3, -0.25) is 0 Å². The summed E-state index contributed by atoms with van der Waals surface area (Å²) in [5.41, 5.74) is -0.228. The molecule has 2 aromatic carbocycles. The van der Waals surface area contributed by atoms with Gasteiger partial charge in [-0.25, -0.2) is 22.0 Å². The first kappa shape index (κ1) is 24.3. The van der Waals surface area contributed by atoms with Crippen LogP contribution in [0.4, 0.5) is 22.0 Å². The first-order valence-corrected chi connectivity index (χ1v) is 10.2. The summed E-state index contributed by atoms with van der Waals surface area (Å²) in [5, 5.41) is 0. The van der Waals surface area contributed by atoms with E-state index < -0.39 is 40.1 Å². The van der Waals surface area contributed by atoms with Crippen LogP contribution in [0.5, 0.6) is 5.75 Å². The van der Waals surface area contributed by atoms with Gasteiger partial charge in [0.25, 0.3) is 0 Å². The molecule has 0 aliphatic carbocycles. The molecule has 0 heterocycles. The molecule has 0 unspecified atom stereocenters. The molecule has 0 aliphatic rings. The normalized spacial score (nSPS) is 11.1. The largest absolute Gasteiger partial charge is 0.496 e. The third-order valence-electron chi connectivity index (χ3n) is 4.01. The van der Waals surface area contributed by atoms with Crippen LogP contribution < -0.4 is 4.74 Å². The summed E-state index contributed by atoms with van der Waals surface area (Å²) < 4.78 is 74.8. The van der Waals surface area contributed by atoms with Crippen molar-refractivity contribution in [3.63, 3.8) is 0 Å². The van der Waals surface area contributed by atoms with Crippen LogP contribution in [-0.2, 0) is 11.2 Å². The van der Waals surface area contributed by atoms with Crippen LogP contribution in [0.2, 0.25) is 0 Å². The van der Waals surface area contributed by atoms with Crippen LogP contribution in [0, 0.1) is 29.1 Å². The highest BCUT2D eigenvalue weighted by Crippen LogP contribution is 2.42. The zero-order valence-corrected chi connectivity index (χ0v) is 17.9. The van der Waals surface area contributed by atoms with Crippen molar-refractivity contribution in [3.05, 3.63) is 52.3 Å². The number of benzene rings is 2. The van der Waals surface area contributed by atoms with Gasteiger partial charge in [0.05, 0.1) is 12.7 Å². The molecule has 0 aliphatic heterocycles. The van der Waals surface area contributed by atoms with Gasteiger partial charge in [0.15, 0.2) is 23.3 Å². The average molecular weight is 420 g/mol. The Hall–Kier alpha value is -1.76. The van der Waals surface area contributed by atoms with Gasteiger partial charge in [-0.2, -0.15) is 11.8 Å². The van der Waals surface area contributed by atoms with E-state index in [9.17, 15) is 22.0 Å². The van der Waals surface area contributed by atoms with Crippen molar-refractivity contribution in [1.82, 2.24) is 0 Å². The van der Waals surface area contributed by atoms with E-state index in [2.05, 4.69) is 0 Å². The van der Waals surface area contributed by atoms with Gasteiger partial charge >= 0.3 is 0 Å². The summed E-state index contributed by atoms with van der Waals surface area (Å²) in [6, 6.07) is 3.24. The molecular weight excluding hydrogens is 395 g/mol. The van der Waals surface area contributed by atoms with Crippen molar-refractivity contribution in [2.24, 2.45) is 0 Å². The van der Waals surface area contributed by atoms with Crippen molar-refractivity contribution >= 4 is 11.8 Å². The lowest BCUT2D eigenvalue weighted by molar-refractivity contribution is 0.379. The number of hydrogen-bond acceptors (Lipinski definition) is 2. The van der Waals surface area contributed by atoms with Crippen molar-refractivity contribution in [1.29, 1.82) is 0 Å². The monoisotopic (exact) mass is 420 g/mol. The summed E-state index contributed by atoms with van der Waals surface area (Å²) in [6.45, 7) is 9.67. The number of halogens is 5. The Morgan fingerprint density at radius 3 is 1.71 bits per heavy atom. The van der Waals surface area contributed by atoms with Crippen LogP contribution >= 0.6 is 11.8 Å². The van der Waals surface area contributed by atoms with Crippen molar-refractivity contribution in [2.45, 2.75) is 45.8 Å². The van der Waals surface area contributed by atoms with E-state index in [0.717, 1.165) is 0 Å². The average Bonchev–Trinajstić information content (AvgIpc) is 2.66. The van der Waals surface area contributed by atoms with E-state index in [1.165, 1.54) is 24.9 Å². The Morgan fingerprint density at radius 2 is 1.32 bits per heavy atom. The fourth-order valence-electron chi connectivity index (χ4n) is 2.65. The van der Waals surface area contributed by atoms with E-state index in [1.807, 2.05) is 46.9 Å². The zero-order chi connectivity index (χ0) is 21.8. The topological polar surface area (TPSA) is 9.23 Å². The minimum atomic E-state index is -2.18. The molecule has 0 radical (unpaired) electrons. The van der Waals surface area contributed by atoms with Gasteiger partial charge in [-0.05, 0) is 23.3 Å². The maximum absolute atomic E-state index is 14.4. The number of thioether (sulfide) groups is 1. The summed E-state index contributed by atoms with van der Waals surface area (Å²) in [4.78, 5) is 0. The van der Waals surface area contributed by atoms with Crippen LogP contribution in [0.1, 0.15) is 45.7 Å². The molecule has 28 heavy (non-hydrogen) atoms. The Morgan fingerprint density at radius 1 is 0.857 bits per heavy atom. The van der Waals surface area contributed by atoms with Gasteiger partial charge in [0, 0.05) is 16.9 Å². The SMILES string of the molecule is CC.COc1c(CSC)cc(C(C)(C)C)cc1-c1c(F)c(F)c(F)c(F)c1F. The van der Waals surface area contributed by atoms with Crippen LogP contribution in [0.3, 0.4) is 0 Å². The Balaban J connectivity index is 0.00000190. The summed E-state index contributed by atoms with van der Waals surface area (Å²) >= 11 is 1.45. The highest BCUT2D eigenvalue weighted by Gasteiger charge is 2.30. The highest BCUT2D eigenvalue weighted by atomic mass is 32.2. The molecule has 156 valence electrons. The van der Waals surface area contributed by atoms with Crippen LogP contribution in [0.25, 0.3) is 11.1 Å². The third-order valence-corrected chi connectivity index (χ3v) is 4.61. The van der Waals surface area contributed by atoms with E-state index >= 15 is 0 Å². The van der Waals surface area contributed by atoms with Gasteiger partial charge in [0.1, 0.15) is 5.75 Å². The molecule has 0 fully saturated rings. The first-order chi connectivity index (χ1) is 13.0. The molecule has 0 bridgehead atoms. The van der Waals surface area contributed by atoms with Gasteiger partial charge in [-0.1, -0.05) is 40.7 Å². The molecular formula is C21H25F5OS. The van der Waals surface area contributed by atoms with Crippen LogP contribution in [-0.4, -0.2) is 13.4 Å². The second kappa shape index (κ2) is 9.63. The second-order valence-electron chi connectivity index (χ2n) is 6.84. The smallest absolute Gasteiger partial charge is 0.200 e. The maximum atomic E-state index is 14.4. The summed E-state index contributed by atoms with van der Waals surface area (Å²) in [5.74, 6) is -9.34. The van der Waals surface area contributed by atoms with E-state index in [1.54, 1.807) is 0 Å². The predicted molar refractivity (Wildman–Crippen MR) is 105 cm³/mol. The van der Waals surface area contributed by atoms with E-state index in [-0.39, 0.29) is 11.3 Å². The Kier molecular flexibility index (Phi) is 8.35. The van der Waals surface area contributed by atoms with E-state index in [4.69, 9.17) is 4.74 Å². The zero-order valence-electron chi connectivity index (χ0n) is 17.1. The molecule has 0 N–H and O–H groups in total. The summed E-state index contributed by atoms with van der Waals surface area (Å²) in [6.07, 6.45) is 1.83. The minimum Gasteiger partial charge on any atom is -0.496 e. The molecule has 0 aromatic heterocycles. The standard InChI is InChI=1S/C19H19F5OS.C2H6/c1-19(2,3)10-6-9(8-26-5)18(25-4)11(7-10)12-13(20)15(22)17(24)16(23)14(12)21;1-2/h6-7H,8H2,1-5H3;1-2H3. The van der Waals surface area contributed by atoms with Crippen molar-refractivity contribution in [2.75, 3.05) is 13.4 Å². The fraction of sp³-hybridized carbons (Fsp3) is 0.429. The Labute approximate surface area is 167 Å². The molecule has 0 saturated carbocycles. The molecule has 1 nitrogen and oxygen atoms in total. The van der Waals surface area contributed by atoms with Gasteiger partial charge in [-0.15, -0.1) is 0 Å². The first-order valence-electron chi connectivity index (χ1n) is 8.76. The number of rotatable bonds is 4. The molecule has 0 atom stereocenters. The van der Waals surface area contributed by atoms with Crippen molar-refractivity contribution in [3.8, 4) is 16.9 Å². The molecule has 0 amide bonds. The van der Waals surface area contributed by atoms with Crippen LogP contribution in [0.15, 0.2) is 12.1 Å². The number of hydrogen-bond donors (Lipinski definition) is 0. The molecule has 2 aromatic rings. The number of methoxy groups -OCH3 is 1. The van der Waals surface area contributed by atoms with E-state index in [0.29, 0.717) is 16.9 Å².